The minimum absolute atomic E-state index is 0.0332. The molecule has 1 aromatic rings. The van der Waals surface area contributed by atoms with Crippen molar-refractivity contribution in [3.63, 3.8) is 0 Å². The zero-order valence-corrected chi connectivity index (χ0v) is 12.9. The van der Waals surface area contributed by atoms with Gasteiger partial charge in [-0.15, -0.1) is 0 Å². The van der Waals surface area contributed by atoms with Crippen LogP contribution in [0.5, 0.6) is 0 Å². The van der Waals surface area contributed by atoms with Gasteiger partial charge in [0.2, 0.25) is 0 Å². The summed E-state index contributed by atoms with van der Waals surface area (Å²) in [5, 5.41) is 5.50. The van der Waals surface area contributed by atoms with E-state index in [1.54, 1.807) is 7.05 Å². The second-order valence-electron chi connectivity index (χ2n) is 6.07. The van der Waals surface area contributed by atoms with Crippen LogP contribution in [0.15, 0.2) is 12.3 Å². The van der Waals surface area contributed by atoms with E-state index >= 15 is 0 Å². The molecular formula is C15H23FN4O. The summed E-state index contributed by atoms with van der Waals surface area (Å²) in [6.07, 6.45) is 3.50. The van der Waals surface area contributed by atoms with Crippen LogP contribution in [0.2, 0.25) is 0 Å². The smallest absolute Gasteiger partial charge is 0.254 e. The molecule has 5 nitrogen and oxygen atoms in total. The summed E-state index contributed by atoms with van der Waals surface area (Å²) < 4.78 is 14.0. The fourth-order valence-corrected chi connectivity index (χ4v) is 2.52. The average molecular weight is 294 g/mol. The van der Waals surface area contributed by atoms with E-state index < -0.39 is 5.82 Å². The normalized spacial score (nSPS) is 18.3. The first kappa shape index (κ1) is 15.7. The predicted octanol–water partition coefficient (Wildman–Crippen LogP) is 1.72. The molecule has 1 aromatic heterocycles. The molecule has 0 unspecified atom stereocenters. The summed E-state index contributed by atoms with van der Waals surface area (Å²) >= 11 is 0. The summed E-state index contributed by atoms with van der Waals surface area (Å²) in [6.45, 7) is 4.79. The van der Waals surface area contributed by atoms with Crippen LogP contribution in [0.25, 0.3) is 0 Å². The maximum atomic E-state index is 14.0. The molecule has 0 atom stereocenters. The molecule has 2 heterocycles. The molecule has 2 rings (SSSR count). The summed E-state index contributed by atoms with van der Waals surface area (Å²) in [4.78, 5) is 18.3. The van der Waals surface area contributed by atoms with Crippen LogP contribution in [0.1, 0.15) is 30.1 Å². The van der Waals surface area contributed by atoms with E-state index in [-0.39, 0.29) is 22.7 Å². The number of nitrogens with one attached hydrogen (secondary N) is 2. The van der Waals surface area contributed by atoms with E-state index in [4.69, 9.17) is 0 Å². The molecule has 0 aromatic carbocycles. The Bertz CT molecular complexity index is 512. The Labute approximate surface area is 124 Å². The Morgan fingerprint density at radius 3 is 2.76 bits per heavy atom. The van der Waals surface area contributed by atoms with Crippen LogP contribution < -0.4 is 10.6 Å². The first-order valence-corrected chi connectivity index (χ1v) is 7.24. The van der Waals surface area contributed by atoms with Crippen molar-refractivity contribution in [3.05, 3.63) is 23.6 Å². The van der Waals surface area contributed by atoms with Gasteiger partial charge in [-0.05, 0) is 44.5 Å². The van der Waals surface area contributed by atoms with Crippen molar-refractivity contribution in [3.8, 4) is 0 Å². The molecule has 0 spiro atoms. The van der Waals surface area contributed by atoms with Gasteiger partial charge in [0.25, 0.3) is 5.91 Å². The minimum atomic E-state index is -0.606. The van der Waals surface area contributed by atoms with Gasteiger partial charge in [-0.3, -0.25) is 4.79 Å². The number of halogens is 1. The number of amides is 1. The molecule has 1 fully saturated rings. The number of anilines is 1. The molecule has 1 aliphatic rings. The van der Waals surface area contributed by atoms with Gasteiger partial charge in [0, 0.05) is 19.8 Å². The molecule has 21 heavy (non-hydrogen) atoms. The van der Waals surface area contributed by atoms with Crippen LogP contribution in [0.3, 0.4) is 0 Å². The zero-order chi connectivity index (χ0) is 15.5. The fraction of sp³-hybridized carbons (Fsp3) is 0.600. The summed E-state index contributed by atoms with van der Waals surface area (Å²) in [7, 11) is 3.68. The van der Waals surface area contributed by atoms with E-state index in [1.807, 2.05) is 0 Å². The van der Waals surface area contributed by atoms with Gasteiger partial charge in [0.1, 0.15) is 0 Å². The van der Waals surface area contributed by atoms with Gasteiger partial charge < -0.3 is 15.5 Å². The Balaban J connectivity index is 1.99. The van der Waals surface area contributed by atoms with Crippen LogP contribution in [-0.4, -0.2) is 49.5 Å². The lowest BCUT2D eigenvalue weighted by Crippen LogP contribution is -2.43. The zero-order valence-electron chi connectivity index (χ0n) is 12.9. The van der Waals surface area contributed by atoms with Crippen LogP contribution in [0, 0.1) is 11.2 Å². The second-order valence-corrected chi connectivity index (χ2v) is 6.07. The predicted molar refractivity (Wildman–Crippen MR) is 80.9 cm³/mol. The first-order valence-electron chi connectivity index (χ1n) is 7.24. The topological polar surface area (TPSA) is 57.3 Å². The van der Waals surface area contributed by atoms with Crippen molar-refractivity contribution in [2.45, 2.75) is 19.8 Å². The molecule has 1 saturated heterocycles. The Morgan fingerprint density at radius 1 is 1.48 bits per heavy atom. The monoisotopic (exact) mass is 294 g/mol. The van der Waals surface area contributed by atoms with E-state index in [0.717, 1.165) is 25.9 Å². The van der Waals surface area contributed by atoms with Crippen molar-refractivity contribution in [2.24, 2.45) is 5.41 Å². The SMILES string of the molecule is CNc1nccc(C(=O)NCC2(C)CCN(C)CC2)c1F. The van der Waals surface area contributed by atoms with Crippen molar-refractivity contribution >= 4 is 11.7 Å². The highest BCUT2D eigenvalue weighted by Gasteiger charge is 2.29. The van der Waals surface area contributed by atoms with Crippen LogP contribution in [0.4, 0.5) is 10.2 Å². The van der Waals surface area contributed by atoms with E-state index in [1.165, 1.54) is 12.3 Å². The van der Waals surface area contributed by atoms with Gasteiger partial charge in [-0.2, -0.15) is 0 Å². The molecule has 0 aliphatic carbocycles. The molecule has 0 bridgehead atoms. The quantitative estimate of drug-likeness (QED) is 0.888. The average Bonchev–Trinajstić information content (AvgIpc) is 2.48. The van der Waals surface area contributed by atoms with Gasteiger partial charge in [-0.25, -0.2) is 9.37 Å². The largest absolute Gasteiger partial charge is 0.371 e. The lowest BCUT2D eigenvalue weighted by Gasteiger charge is -2.37. The molecule has 0 radical (unpaired) electrons. The Hall–Kier alpha value is -1.69. The molecule has 0 saturated carbocycles. The van der Waals surface area contributed by atoms with Crippen molar-refractivity contribution < 1.29 is 9.18 Å². The first-order chi connectivity index (χ1) is 9.95. The number of hydrogen-bond donors (Lipinski definition) is 2. The van der Waals surface area contributed by atoms with Gasteiger partial charge in [0.05, 0.1) is 5.56 Å². The van der Waals surface area contributed by atoms with Gasteiger partial charge in [0.15, 0.2) is 11.6 Å². The summed E-state index contributed by atoms with van der Waals surface area (Å²) in [5.74, 6) is -0.897. The van der Waals surface area contributed by atoms with Crippen molar-refractivity contribution in [1.82, 2.24) is 15.2 Å². The third-order valence-corrected chi connectivity index (χ3v) is 4.24. The number of rotatable bonds is 4. The molecule has 116 valence electrons. The van der Waals surface area contributed by atoms with Crippen molar-refractivity contribution in [1.29, 1.82) is 0 Å². The number of aromatic nitrogens is 1. The maximum absolute atomic E-state index is 14.0. The highest BCUT2D eigenvalue weighted by atomic mass is 19.1. The number of carbonyl (C=O) groups excluding carboxylic acids is 1. The highest BCUT2D eigenvalue weighted by molar-refractivity contribution is 5.95. The van der Waals surface area contributed by atoms with Gasteiger partial charge >= 0.3 is 0 Å². The third kappa shape index (κ3) is 3.69. The van der Waals surface area contributed by atoms with Crippen LogP contribution >= 0.6 is 0 Å². The minimum Gasteiger partial charge on any atom is -0.371 e. The molecule has 1 aliphatic heterocycles. The summed E-state index contributed by atoms with van der Waals surface area (Å²) in [6, 6.07) is 1.41. The lowest BCUT2D eigenvalue weighted by molar-refractivity contribution is 0.0887. The fourth-order valence-electron chi connectivity index (χ4n) is 2.52. The maximum Gasteiger partial charge on any atom is 0.254 e. The lowest BCUT2D eigenvalue weighted by atomic mass is 9.80. The standard InChI is InChI=1S/C15H23FN4O/c1-15(5-8-20(3)9-6-15)10-19-14(21)11-4-7-18-13(17-2)12(11)16/h4,7H,5-6,8-10H2,1-3H3,(H,17,18)(H,19,21). The Kier molecular flexibility index (Phi) is 4.77. The molecule has 2 N–H and O–H groups in total. The molecular weight excluding hydrogens is 271 g/mol. The molecule has 6 heteroatoms. The Morgan fingerprint density at radius 2 is 2.14 bits per heavy atom. The second kappa shape index (κ2) is 6.39. The number of nitrogens with zero attached hydrogens (tertiary/aromatic N) is 2. The number of carbonyl (C=O) groups is 1. The summed E-state index contributed by atoms with van der Waals surface area (Å²) in [5.41, 5.74) is 0.114. The van der Waals surface area contributed by atoms with Crippen molar-refractivity contribution in [2.75, 3.05) is 39.0 Å². The highest BCUT2D eigenvalue weighted by Crippen LogP contribution is 2.29. The van der Waals surface area contributed by atoms with E-state index in [9.17, 15) is 9.18 Å². The molecule has 1 amide bonds. The van der Waals surface area contributed by atoms with E-state index in [0.29, 0.717) is 6.54 Å². The van der Waals surface area contributed by atoms with Crippen LogP contribution in [-0.2, 0) is 0 Å². The number of pyridine rings is 1. The number of hydrogen-bond acceptors (Lipinski definition) is 4. The number of piperidine rings is 1. The van der Waals surface area contributed by atoms with Gasteiger partial charge in [-0.1, -0.05) is 6.92 Å². The van der Waals surface area contributed by atoms with E-state index in [2.05, 4.69) is 34.5 Å². The third-order valence-electron chi connectivity index (χ3n) is 4.24. The number of likely N-dealkylation sites (tertiary alicyclic amines) is 1.